The highest BCUT2D eigenvalue weighted by molar-refractivity contribution is 7.91. The van der Waals surface area contributed by atoms with Crippen molar-refractivity contribution in [3.8, 4) is 11.3 Å². The van der Waals surface area contributed by atoms with E-state index in [-0.39, 0.29) is 5.91 Å². The molecular formula is C30H24F3N3O5S. The number of hydrogen-bond donors (Lipinski definition) is 3. The number of alkyl halides is 3. The molecule has 2 aromatic carbocycles. The molecule has 0 radical (unpaired) electrons. The van der Waals surface area contributed by atoms with Crippen LogP contribution >= 0.6 is 0 Å². The van der Waals surface area contributed by atoms with Gasteiger partial charge in [-0.05, 0) is 48.4 Å². The Labute approximate surface area is 238 Å². The standard InChI is InChI=1S/C28H23N3O3S.C2HF3O2/c1-17-6-8-19(9-7-17)35(33,34)27-16-22(20-4-2-3-5-21(20)27)26-14-18(10-12-29-26)25-15-23-24(31-25)11-13-30-28(23)32;3-2(4,5)1(6)7/h2-10,12,14-16,27,31H,11,13H2,1H3,(H,30,32);(H,6,7). The minimum Gasteiger partial charge on any atom is -0.475 e. The molecule has 8 nitrogen and oxygen atoms in total. The lowest BCUT2D eigenvalue weighted by molar-refractivity contribution is -0.192. The van der Waals surface area contributed by atoms with E-state index in [2.05, 4.69) is 15.3 Å². The Hall–Kier alpha value is -4.71. The first kappa shape index (κ1) is 28.8. The minimum absolute atomic E-state index is 0.0698. The number of carbonyl (C=O) groups is 2. The van der Waals surface area contributed by atoms with E-state index < -0.39 is 27.2 Å². The van der Waals surface area contributed by atoms with E-state index in [0.29, 0.717) is 22.7 Å². The minimum atomic E-state index is -5.08. The summed E-state index contributed by atoms with van der Waals surface area (Å²) >= 11 is 0. The van der Waals surface area contributed by atoms with Gasteiger partial charge in [-0.25, -0.2) is 13.2 Å². The summed E-state index contributed by atoms with van der Waals surface area (Å²) in [6.07, 6.45) is -0.801. The molecule has 4 aromatic rings. The number of carboxylic acid groups (broad SMARTS) is 1. The predicted octanol–water partition coefficient (Wildman–Crippen LogP) is 5.26. The zero-order valence-corrected chi connectivity index (χ0v) is 22.9. The molecule has 3 heterocycles. The number of hydrogen-bond acceptors (Lipinski definition) is 5. The number of nitrogens with one attached hydrogen (secondary N) is 2. The third kappa shape index (κ3) is 5.57. The number of nitrogens with zero attached hydrogens (tertiary/aromatic N) is 1. The van der Waals surface area contributed by atoms with Crippen LogP contribution in [0.25, 0.3) is 16.8 Å². The van der Waals surface area contributed by atoms with Crippen LogP contribution in [0.2, 0.25) is 0 Å². The topological polar surface area (TPSA) is 129 Å². The number of fused-ring (bicyclic) bond motifs is 2. The number of sulfone groups is 1. The average molecular weight is 596 g/mol. The zero-order chi connectivity index (χ0) is 30.2. The van der Waals surface area contributed by atoms with E-state index in [0.717, 1.165) is 45.6 Å². The quantitative estimate of drug-likeness (QED) is 0.295. The van der Waals surface area contributed by atoms with E-state index in [4.69, 9.17) is 9.90 Å². The van der Waals surface area contributed by atoms with Crippen molar-refractivity contribution in [2.45, 2.75) is 29.7 Å². The van der Waals surface area contributed by atoms with Crippen LogP contribution in [0.1, 0.15) is 43.7 Å². The fraction of sp³-hybridized carbons (Fsp3) is 0.167. The van der Waals surface area contributed by atoms with Gasteiger partial charge in [-0.15, -0.1) is 0 Å². The van der Waals surface area contributed by atoms with Gasteiger partial charge in [-0.1, -0.05) is 48.0 Å². The van der Waals surface area contributed by atoms with Crippen LogP contribution in [0.3, 0.4) is 0 Å². The van der Waals surface area contributed by atoms with Gasteiger partial charge in [0.25, 0.3) is 5.91 Å². The highest BCUT2D eigenvalue weighted by Gasteiger charge is 2.38. The molecule has 12 heteroatoms. The molecule has 1 aliphatic heterocycles. The zero-order valence-electron chi connectivity index (χ0n) is 22.1. The van der Waals surface area contributed by atoms with E-state index in [9.17, 15) is 26.4 Å². The number of aryl methyl sites for hydroxylation is 1. The van der Waals surface area contributed by atoms with Gasteiger partial charge in [0.2, 0.25) is 0 Å². The fourth-order valence-corrected chi connectivity index (χ4v) is 6.53. The number of halogens is 3. The molecule has 1 atom stereocenters. The van der Waals surface area contributed by atoms with Crippen molar-refractivity contribution in [2.75, 3.05) is 6.54 Å². The third-order valence-electron chi connectivity index (χ3n) is 6.95. The van der Waals surface area contributed by atoms with Crippen LogP contribution in [0.15, 0.2) is 83.9 Å². The van der Waals surface area contributed by atoms with Gasteiger partial charge in [-0.3, -0.25) is 9.78 Å². The number of aromatic amines is 1. The Morgan fingerprint density at radius 2 is 1.71 bits per heavy atom. The maximum Gasteiger partial charge on any atom is 0.490 e. The lowest BCUT2D eigenvalue weighted by Crippen LogP contribution is -2.31. The highest BCUT2D eigenvalue weighted by Crippen LogP contribution is 2.44. The summed E-state index contributed by atoms with van der Waals surface area (Å²) in [5.41, 5.74) is 7.43. The number of benzene rings is 2. The largest absolute Gasteiger partial charge is 0.490 e. The smallest absolute Gasteiger partial charge is 0.475 e. The molecule has 216 valence electrons. The van der Waals surface area contributed by atoms with Gasteiger partial charge < -0.3 is 15.4 Å². The molecular weight excluding hydrogens is 571 g/mol. The number of pyridine rings is 1. The van der Waals surface area contributed by atoms with Crippen LogP contribution in [0.4, 0.5) is 13.2 Å². The second-order valence-corrected chi connectivity index (χ2v) is 11.8. The number of aromatic nitrogens is 2. The summed E-state index contributed by atoms with van der Waals surface area (Å²) in [5, 5.41) is 9.20. The number of rotatable bonds is 4. The number of H-pyrrole nitrogens is 1. The van der Waals surface area contributed by atoms with E-state index in [1.807, 2.05) is 61.5 Å². The molecule has 3 N–H and O–H groups in total. The summed E-state index contributed by atoms with van der Waals surface area (Å²) in [6.45, 7) is 2.55. The van der Waals surface area contributed by atoms with Crippen LogP contribution in [0.5, 0.6) is 0 Å². The van der Waals surface area contributed by atoms with Crippen molar-refractivity contribution in [3.63, 3.8) is 0 Å². The normalized spacial score (nSPS) is 16.0. The Balaban J connectivity index is 0.000000451. The first-order valence-electron chi connectivity index (χ1n) is 12.7. The summed E-state index contributed by atoms with van der Waals surface area (Å²) < 4.78 is 59.0. The monoisotopic (exact) mass is 595 g/mol. The van der Waals surface area contributed by atoms with Gasteiger partial charge in [0.15, 0.2) is 9.84 Å². The number of amides is 1. The molecule has 1 amide bonds. The van der Waals surface area contributed by atoms with Crippen molar-refractivity contribution in [2.24, 2.45) is 0 Å². The number of carboxylic acids is 1. The molecule has 2 aromatic heterocycles. The Morgan fingerprint density at radius 3 is 2.38 bits per heavy atom. The van der Waals surface area contributed by atoms with Gasteiger partial charge >= 0.3 is 12.1 Å². The van der Waals surface area contributed by atoms with Crippen molar-refractivity contribution >= 4 is 27.3 Å². The maximum absolute atomic E-state index is 13.6. The van der Waals surface area contributed by atoms with Crippen LogP contribution in [-0.2, 0) is 21.1 Å². The first-order valence-corrected chi connectivity index (χ1v) is 14.3. The Morgan fingerprint density at radius 1 is 1.02 bits per heavy atom. The maximum atomic E-state index is 13.6. The van der Waals surface area contributed by atoms with Crippen molar-refractivity contribution in [3.05, 3.63) is 113 Å². The van der Waals surface area contributed by atoms with Gasteiger partial charge in [0.1, 0.15) is 5.25 Å². The third-order valence-corrected chi connectivity index (χ3v) is 8.94. The molecule has 6 rings (SSSR count). The van der Waals surface area contributed by atoms with Crippen LogP contribution in [0, 0.1) is 6.92 Å². The molecule has 0 saturated carbocycles. The van der Waals surface area contributed by atoms with Gasteiger partial charge in [0, 0.05) is 41.7 Å². The summed E-state index contributed by atoms with van der Waals surface area (Å²) in [7, 11) is -3.64. The Bertz CT molecular complexity index is 1830. The van der Waals surface area contributed by atoms with Crippen molar-refractivity contribution < 1.29 is 36.3 Å². The highest BCUT2D eigenvalue weighted by atomic mass is 32.2. The SMILES string of the molecule is Cc1ccc(S(=O)(=O)C2C=C(c3cc(-c4cc5c([nH]4)CCNC5=O)ccn3)c3ccccc32)cc1.O=C(O)C(F)(F)F. The van der Waals surface area contributed by atoms with Crippen molar-refractivity contribution in [1.29, 1.82) is 0 Å². The molecule has 1 unspecified atom stereocenters. The molecule has 0 saturated heterocycles. The fourth-order valence-electron chi connectivity index (χ4n) is 4.87. The molecule has 0 fully saturated rings. The van der Waals surface area contributed by atoms with Crippen LogP contribution in [-0.4, -0.2) is 48.1 Å². The molecule has 0 bridgehead atoms. The van der Waals surface area contributed by atoms with Gasteiger partial charge in [-0.2, -0.15) is 13.2 Å². The lowest BCUT2D eigenvalue weighted by Gasteiger charge is -2.12. The second kappa shape index (κ2) is 10.9. The summed E-state index contributed by atoms with van der Waals surface area (Å²) in [6, 6.07) is 20.3. The molecule has 42 heavy (non-hydrogen) atoms. The first-order chi connectivity index (χ1) is 19.9. The van der Waals surface area contributed by atoms with E-state index in [1.54, 1.807) is 24.4 Å². The lowest BCUT2D eigenvalue weighted by atomic mass is 10.0. The van der Waals surface area contributed by atoms with E-state index >= 15 is 0 Å². The molecule has 2 aliphatic rings. The van der Waals surface area contributed by atoms with Crippen LogP contribution < -0.4 is 5.32 Å². The Kier molecular flexibility index (Phi) is 7.50. The van der Waals surface area contributed by atoms with Crippen molar-refractivity contribution in [1.82, 2.24) is 15.3 Å². The summed E-state index contributed by atoms with van der Waals surface area (Å²) in [4.78, 5) is 29.4. The average Bonchev–Trinajstić information content (AvgIpc) is 3.57. The number of aliphatic carboxylic acids is 1. The van der Waals surface area contributed by atoms with Gasteiger partial charge in [0.05, 0.1) is 16.2 Å². The molecule has 0 spiro atoms. The number of carbonyl (C=O) groups excluding carboxylic acids is 1. The second-order valence-electron chi connectivity index (χ2n) is 9.76. The molecule has 1 aliphatic carbocycles. The van der Waals surface area contributed by atoms with E-state index in [1.165, 1.54) is 0 Å². The predicted molar refractivity (Wildman–Crippen MR) is 148 cm³/mol. The summed E-state index contributed by atoms with van der Waals surface area (Å²) in [5.74, 6) is -2.83.